The van der Waals surface area contributed by atoms with Crippen LogP contribution in [0.3, 0.4) is 0 Å². The molecule has 0 spiro atoms. The summed E-state index contributed by atoms with van der Waals surface area (Å²) in [6, 6.07) is 4.33. The number of rotatable bonds is 8. The highest BCUT2D eigenvalue weighted by molar-refractivity contribution is 6.26. The van der Waals surface area contributed by atoms with Crippen LogP contribution < -0.4 is 5.32 Å². The molecule has 206 valence electrons. The molecule has 0 radical (unpaired) electrons. The third-order valence-corrected chi connectivity index (χ3v) is 7.58. The van der Waals surface area contributed by atoms with E-state index in [0.717, 1.165) is 61.4 Å². The Balaban J connectivity index is 1.30. The molecular weight excluding hydrogens is 494 g/mol. The van der Waals surface area contributed by atoms with Gasteiger partial charge in [0.1, 0.15) is 5.65 Å². The van der Waals surface area contributed by atoms with Gasteiger partial charge in [-0.2, -0.15) is 0 Å². The van der Waals surface area contributed by atoms with Crippen molar-refractivity contribution in [1.82, 2.24) is 25.1 Å². The zero-order valence-electron chi connectivity index (χ0n) is 23.1. The maximum absolute atomic E-state index is 13.3. The molecular formula is C30H37N5O4. The number of H-pyrrole nitrogens is 1. The molecule has 2 aromatic heterocycles. The number of pyridine rings is 1. The number of nitrogens with one attached hydrogen (secondary N) is 2. The summed E-state index contributed by atoms with van der Waals surface area (Å²) in [7, 11) is 0. The van der Waals surface area contributed by atoms with Crippen LogP contribution in [0.1, 0.15) is 39.7 Å². The van der Waals surface area contributed by atoms with Gasteiger partial charge in [-0.1, -0.05) is 6.08 Å². The predicted molar refractivity (Wildman–Crippen MR) is 150 cm³/mol. The van der Waals surface area contributed by atoms with Crippen molar-refractivity contribution in [3.8, 4) is 0 Å². The molecule has 2 N–H and O–H groups in total. The minimum atomic E-state index is -0.703. The Morgan fingerprint density at radius 2 is 2.10 bits per heavy atom. The zero-order valence-corrected chi connectivity index (χ0v) is 23.1. The molecule has 2 aliphatic heterocycles. The maximum Gasteiger partial charge on any atom is 0.347 e. The number of allylic oxidation sites excluding steroid dienone is 3. The number of aromatic nitrogens is 2. The number of carbonyl (C=O) groups is 2. The van der Waals surface area contributed by atoms with E-state index >= 15 is 0 Å². The number of ether oxygens (including phenoxy) is 2. The Kier molecular flexibility index (Phi) is 7.99. The fourth-order valence-corrected chi connectivity index (χ4v) is 5.38. The summed E-state index contributed by atoms with van der Waals surface area (Å²) in [5.41, 5.74) is 3.31. The molecule has 1 unspecified atom stereocenters. The number of Topliss-reactive ketones (excluding diaryl/α,β-unsaturated/α-hetero) is 1. The monoisotopic (exact) mass is 531 g/mol. The molecule has 1 aliphatic carbocycles. The number of esters is 1. The van der Waals surface area contributed by atoms with Gasteiger partial charge in [-0.15, -0.1) is 0 Å². The lowest BCUT2D eigenvalue weighted by Gasteiger charge is -2.38. The quantitative estimate of drug-likeness (QED) is 0.302. The lowest BCUT2D eigenvalue weighted by atomic mass is 9.92. The van der Waals surface area contributed by atoms with Crippen LogP contribution >= 0.6 is 0 Å². The minimum absolute atomic E-state index is 0.0572. The van der Waals surface area contributed by atoms with E-state index in [-0.39, 0.29) is 23.8 Å². The molecule has 3 aliphatic rings. The largest absolute Gasteiger partial charge is 0.462 e. The van der Waals surface area contributed by atoms with Gasteiger partial charge in [0.15, 0.2) is 11.3 Å². The van der Waals surface area contributed by atoms with Crippen molar-refractivity contribution < 1.29 is 19.1 Å². The molecule has 1 fully saturated rings. The lowest BCUT2D eigenvalue weighted by Crippen LogP contribution is -2.49. The van der Waals surface area contributed by atoms with Gasteiger partial charge in [-0.25, -0.2) is 9.78 Å². The van der Waals surface area contributed by atoms with Crippen LogP contribution in [0.15, 0.2) is 65.2 Å². The number of fused-ring (bicyclic) bond motifs is 1. The van der Waals surface area contributed by atoms with E-state index < -0.39 is 11.8 Å². The highest BCUT2D eigenvalue weighted by Crippen LogP contribution is 2.31. The van der Waals surface area contributed by atoms with Crippen molar-refractivity contribution in [3.05, 3.63) is 70.7 Å². The van der Waals surface area contributed by atoms with Gasteiger partial charge in [-0.3, -0.25) is 9.69 Å². The number of ketones is 1. The normalized spacial score (nSPS) is 21.9. The second kappa shape index (κ2) is 11.6. The molecule has 39 heavy (non-hydrogen) atoms. The maximum atomic E-state index is 13.3. The Labute approximate surface area is 229 Å². The first-order valence-corrected chi connectivity index (χ1v) is 13.7. The SMILES string of the molecule is CCOC(=O)C1=C(NC2=C(C)CC(CN3CCN(C(C)C)CC3)C=C2)O/C(=C\c2c[nH]c3ncccc23)C1=O. The molecule has 9 heteroatoms. The smallest absolute Gasteiger partial charge is 0.347 e. The minimum Gasteiger partial charge on any atom is -0.462 e. The van der Waals surface area contributed by atoms with Crippen LogP contribution in [-0.4, -0.2) is 76.9 Å². The molecule has 0 amide bonds. The number of carbonyl (C=O) groups excluding carboxylic acids is 2. The van der Waals surface area contributed by atoms with Crippen LogP contribution in [0.5, 0.6) is 0 Å². The van der Waals surface area contributed by atoms with E-state index in [1.54, 1.807) is 25.4 Å². The zero-order chi connectivity index (χ0) is 27.5. The fraction of sp³-hybridized carbons (Fsp3) is 0.433. The van der Waals surface area contributed by atoms with Crippen molar-refractivity contribution >= 4 is 28.9 Å². The average molecular weight is 532 g/mol. The van der Waals surface area contributed by atoms with E-state index in [1.807, 2.05) is 18.2 Å². The topological polar surface area (TPSA) is 99.8 Å². The summed E-state index contributed by atoms with van der Waals surface area (Å²) in [6.45, 7) is 13.9. The predicted octanol–water partition coefficient (Wildman–Crippen LogP) is 3.74. The van der Waals surface area contributed by atoms with Gasteiger partial charge in [0.05, 0.1) is 6.61 Å². The van der Waals surface area contributed by atoms with Crippen molar-refractivity contribution in [1.29, 1.82) is 0 Å². The second-order valence-corrected chi connectivity index (χ2v) is 10.6. The molecule has 0 bridgehead atoms. The van der Waals surface area contributed by atoms with Crippen LogP contribution in [0, 0.1) is 5.92 Å². The van der Waals surface area contributed by atoms with Crippen molar-refractivity contribution in [2.45, 2.75) is 40.2 Å². The second-order valence-electron chi connectivity index (χ2n) is 10.6. The van der Waals surface area contributed by atoms with Gasteiger partial charge in [-0.05, 0) is 69.9 Å². The van der Waals surface area contributed by atoms with Crippen LogP contribution in [-0.2, 0) is 19.1 Å². The third-order valence-electron chi connectivity index (χ3n) is 7.58. The van der Waals surface area contributed by atoms with E-state index in [1.165, 1.54) is 0 Å². The number of aromatic amines is 1. The molecule has 4 heterocycles. The first kappa shape index (κ1) is 26.9. The van der Waals surface area contributed by atoms with E-state index in [4.69, 9.17) is 9.47 Å². The molecule has 2 aromatic rings. The van der Waals surface area contributed by atoms with Gasteiger partial charge < -0.3 is 24.7 Å². The van der Waals surface area contributed by atoms with Gasteiger partial charge in [0.2, 0.25) is 11.7 Å². The van der Waals surface area contributed by atoms with Crippen molar-refractivity contribution in [3.63, 3.8) is 0 Å². The molecule has 0 aromatic carbocycles. The Morgan fingerprint density at radius 3 is 2.82 bits per heavy atom. The van der Waals surface area contributed by atoms with Crippen LogP contribution in [0.4, 0.5) is 0 Å². The Hall–Kier alpha value is -3.69. The first-order valence-electron chi connectivity index (χ1n) is 13.7. The molecule has 9 nitrogen and oxygen atoms in total. The number of nitrogens with zero attached hydrogens (tertiary/aromatic N) is 3. The molecule has 0 saturated carbocycles. The number of hydrogen-bond donors (Lipinski definition) is 2. The summed E-state index contributed by atoms with van der Waals surface area (Å²) in [5, 5.41) is 4.08. The molecule has 5 rings (SSSR count). The summed E-state index contributed by atoms with van der Waals surface area (Å²) in [4.78, 5) is 38.5. The van der Waals surface area contributed by atoms with Gasteiger partial charge in [0.25, 0.3) is 0 Å². The summed E-state index contributed by atoms with van der Waals surface area (Å²) in [6.07, 6.45) is 10.2. The standard InChI is InChI=1S/C30H37N5O4/c1-5-38-30(37)26-27(36)25(16-22-17-32-28-23(22)7-6-10-31-28)39-29(26)33-24-9-8-21(15-20(24)4)18-34-11-13-35(14-12-34)19(2)3/h6-10,16-17,19,21,33H,5,11-15,18H2,1-4H3,(H,31,32)/b25-16-. The highest BCUT2D eigenvalue weighted by atomic mass is 16.5. The molecule has 1 saturated heterocycles. The molecule has 1 atom stereocenters. The lowest BCUT2D eigenvalue weighted by molar-refractivity contribution is -0.139. The van der Waals surface area contributed by atoms with Gasteiger partial charge in [0, 0.05) is 67.8 Å². The number of hydrogen-bond acceptors (Lipinski definition) is 8. The van der Waals surface area contributed by atoms with Crippen molar-refractivity contribution in [2.75, 3.05) is 39.3 Å². The summed E-state index contributed by atoms with van der Waals surface area (Å²) < 4.78 is 11.2. The third kappa shape index (κ3) is 5.84. The van der Waals surface area contributed by atoms with E-state index in [0.29, 0.717) is 17.6 Å². The van der Waals surface area contributed by atoms with E-state index in [9.17, 15) is 9.59 Å². The van der Waals surface area contributed by atoms with Gasteiger partial charge >= 0.3 is 5.97 Å². The Bertz CT molecular complexity index is 1370. The van der Waals surface area contributed by atoms with Crippen LogP contribution in [0.25, 0.3) is 17.1 Å². The first-order chi connectivity index (χ1) is 18.8. The summed E-state index contributed by atoms with van der Waals surface area (Å²) in [5.74, 6) is -0.639. The van der Waals surface area contributed by atoms with Crippen LogP contribution in [0.2, 0.25) is 0 Å². The average Bonchev–Trinajstić information content (AvgIpc) is 3.46. The Morgan fingerprint density at radius 1 is 1.31 bits per heavy atom. The van der Waals surface area contributed by atoms with E-state index in [2.05, 4.69) is 51.9 Å². The fourth-order valence-electron chi connectivity index (χ4n) is 5.38. The summed E-state index contributed by atoms with van der Waals surface area (Å²) >= 11 is 0. The van der Waals surface area contributed by atoms with Crippen molar-refractivity contribution in [2.24, 2.45) is 5.92 Å². The highest BCUT2D eigenvalue weighted by Gasteiger charge is 2.37. The number of piperazine rings is 1.